The molecule has 0 spiro atoms. The standard InChI is InChI=1S/C11H23NO2/c1-2-10-4-3-6-12(7-5-10)8-11(14)9-13/h10-11,13-14H,2-9H2,1H3. The minimum Gasteiger partial charge on any atom is -0.394 e. The molecule has 1 aliphatic heterocycles. The van der Waals surface area contributed by atoms with Gasteiger partial charge >= 0.3 is 0 Å². The largest absolute Gasteiger partial charge is 0.394 e. The summed E-state index contributed by atoms with van der Waals surface area (Å²) in [6.07, 6.45) is 4.51. The van der Waals surface area contributed by atoms with Gasteiger partial charge in [0.25, 0.3) is 0 Å². The maximum absolute atomic E-state index is 9.33. The lowest BCUT2D eigenvalue weighted by Gasteiger charge is -2.22. The predicted molar refractivity (Wildman–Crippen MR) is 57.2 cm³/mol. The summed E-state index contributed by atoms with van der Waals surface area (Å²) in [6, 6.07) is 0. The van der Waals surface area contributed by atoms with Gasteiger partial charge in [-0.25, -0.2) is 0 Å². The summed E-state index contributed by atoms with van der Waals surface area (Å²) < 4.78 is 0. The van der Waals surface area contributed by atoms with Gasteiger partial charge in [0, 0.05) is 6.54 Å². The van der Waals surface area contributed by atoms with E-state index in [2.05, 4.69) is 11.8 Å². The second-order valence-electron chi connectivity index (χ2n) is 4.34. The zero-order valence-electron chi connectivity index (χ0n) is 9.15. The number of hydrogen-bond donors (Lipinski definition) is 2. The summed E-state index contributed by atoms with van der Waals surface area (Å²) in [5, 5.41) is 18.1. The Morgan fingerprint density at radius 1 is 1.36 bits per heavy atom. The van der Waals surface area contributed by atoms with Crippen LogP contribution in [0.5, 0.6) is 0 Å². The first-order valence-electron chi connectivity index (χ1n) is 5.77. The van der Waals surface area contributed by atoms with Crippen LogP contribution in [0.3, 0.4) is 0 Å². The molecule has 1 heterocycles. The smallest absolute Gasteiger partial charge is 0.0897 e. The van der Waals surface area contributed by atoms with Crippen LogP contribution in [0.1, 0.15) is 32.6 Å². The molecule has 84 valence electrons. The van der Waals surface area contributed by atoms with E-state index in [1.165, 1.54) is 25.7 Å². The second-order valence-corrected chi connectivity index (χ2v) is 4.34. The van der Waals surface area contributed by atoms with Crippen molar-refractivity contribution in [1.29, 1.82) is 0 Å². The summed E-state index contributed by atoms with van der Waals surface area (Å²) in [5.74, 6) is 0.867. The summed E-state index contributed by atoms with van der Waals surface area (Å²) in [7, 11) is 0. The van der Waals surface area contributed by atoms with Gasteiger partial charge in [0.15, 0.2) is 0 Å². The highest BCUT2D eigenvalue weighted by molar-refractivity contribution is 4.71. The van der Waals surface area contributed by atoms with Gasteiger partial charge in [-0.2, -0.15) is 0 Å². The molecule has 1 fully saturated rings. The molecule has 1 aliphatic rings. The molecule has 0 aromatic carbocycles. The van der Waals surface area contributed by atoms with Crippen molar-refractivity contribution >= 4 is 0 Å². The highest BCUT2D eigenvalue weighted by atomic mass is 16.3. The van der Waals surface area contributed by atoms with Crippen LogP contribution in [0.2, 0.25) is 0 Å². The van der Waals surface area contributed by atoms with Crippen LogP contribution in [0, 0.1) is 5.92 Å². The van der Waals surface area contributed by atoms with Gasteiger partial charge in [0.05, 0.1) is 12.7 Å². The Morgan fingerprint density at radius 3 is 2.79 bits per heavy atom. The maximum atomic E-state index is 9.33. The summed E-state index contributed by atoms with van der Waals surface area (Å²) >= 11 is 0. The van der Waals surface area contributed by atoms with Crippen LogP contribution in [0.4, 0.5) is 0 Å². The average Bonchev–Trinajstić information content (AvgIpc) is 2.43. The van der Waals surface area contributed by atoms with E-state index >= 15 is 0 Å². The second kappa shape index (κ2) is 6.38. The number of likely N-dealkylation sites (tertiary alicyclic amines) is 1. The molecule has 0 aliphatic carbocycles. The van der Waals surface area contributed by atoms with Crippen molar-refractivity contribution in [2.24, 2.45) is 5.92 Å². The highest BCUT2D eigenvalue weighted by Crippen LogP contribution is 2.20. The van der Waals surface area contributed by atoms with Crippen molar-refractivity contribution < 1.29 is 10.2 Å². The zero-order chi connectivity index (χ0) is 10.4. The number of nitrogens with zero attached hydrogens (tertiary/aromatic N) is 1. The van der Waals surface area contributed by atoms with Crippen molar-refractivity contribution in [1.82, 2.24) is 4.90 Å². The topological polar surface area (TPSA) is 43.7 Å². The van der Waals surface area contributed by atoms with Crippen molar-refractivity contribution in [3.05, 3.63) is 0 Å². The van der Waals surface area contributed by atoms with E-state index in [9.17, 15) is 5.11 Å². The van der Waals surface area contributed by atoms with Gasteiger partial charge < -0.3 is 15.1 Å². The first-order valence-corrected chi connectivity index (χ1v) is 5.77. The third-order valence-electron chi connectivity index (χ3n) is 3.20. The Balaban J connectivity index is 2.27. The normalized spacial score (nSPS) is 27.2. The van der Waals surface area contributed by atoms with Gasteiger partial charge in [-0.15, -0.1) is 0 Å². The molecule has 0 aromatic rings. The molecular weight excluding hydrogens is 178 g/mol. The molecule has 2 unspecified atom stereocenters. The monoisotopic (exact) mass is 201 g/mol. The number of rotatable bonds is 4. The molecule has 1 rings (SSSR count). The summed E-state index contributed by atoms with van der Waals surface area (Å²) in [4.78, 5) is 2.27. The summed E-state index contributed by atoms with van der Waals surface area (Å²) in [6.45, 7) is 4.92. The van der Waals surface area contributed by atoms with Crippen LogP contribution in [0.25, 0.3) is 0 Å². The quantitative estimate of drug-likeness (QED) is 0.709. The van der Waals surface area contributed by atoms with Gasteiger partial charge in [-0.1, -0.05) is 13.3 Å². The summed E-state index contributed by atoms with van der Waals surface area (Å²) in [5.41, 5.74) is 0. The van der Waals surface area contributed by atoms with E-state index in [0.717, 1.165) is 19.0 Å². The van der Waals surface area contributed by atoms with Crippen LogP contribution < -0.4 is 0 Å². The lowest BCUT2D eigenvalue weighted by molar-refractivity contribution is 0.0599. The molecule has 3 heteroatoms. The Morgan fingerprint density at radius 2 is 2.14 bits per heavy atom. The van der Waals surface area contributed by atoms with Crippen LogP contribution in [-0.2, 0) is 0 Å². The van der Waals surface area contributed by atoms with Crippen LogP contribution in [0.15, 0.2) is 0 Å². The third kappa shape index (κ3) is 3.95. The molecule has 0 amide bonds. The SMILES string of the molecule is CCC1CCCN(CC(O)CO)CC1. The lowest BCUT2D eigenvalue weighted by Crippen LogP contribution is -2.35. The van der Waals surface area contributed by atoms with Crippen LogP contribution in [-0.4, -0.2) is 47.5 Å². The van der Waals surface area contributed by atoms with Crippen molar-refractivity contribution in [3.63, 3.8) is 0 Å². The Labute approximate surface area is 86.7 Å². The van der Waals surface area contributed by atoms with E-state index in [4.69, 9.17) is 5.11 Å². The zero-order valence-corrected chi connectivity index (χ0v) is 9.15. The fourth-order valence-corrected chi connectivity index (χ4v) is 2.17. The Hall–Kier alpha value is -0.120. The molecular formula is C11H23NO2. The molecule has 1 saturated heterocycles. The molecule has 0 saturated carbocycles. The Bertz CT molecular complexity index is 152. The maximum Gasteiger partial charge on any atom is 0.0897 e. The van der Waals surface area contributed by atoms with E-state index in [0.29, 0.717) is 6.54 Å². The molecule has 14 heavy (non-hydrogen) atoms. The van der Waals surface area contributed by atoms with E-state index < -0.39 is 6.10 Å². The number of hydrogen-bond acceptors (Lipinski definition) is 3. The van der Waals surface area contributed by atoms with Crippen molar-refractivity contribution in [2.75, 3.05) is 26.2 Å². The number of aliphatic hydroxyl groups excluding tert-OH is 2. The molecule has 2 N–H and O–H groups in total. The van der Waals surface area contributed by atoms with Gasteiger partial charge in [-0.05, 0) is 38.3 Å². The fraction of sp³-hybridized carbons (Fsp3) is 1.00. The molecule has 0 radical (unpaired) electrons. The van der Waals surface area contributed by atoms with Crippen LogP contribution >= 0.6 is 0 Å². The van der Waals surface area contributed by atoms with Gasteiger partial charge in [-0.3, -0.25) is 0 Å². The first kappa shape index (κ1) is 12.0. The number of aliphatic hydroxyl groups is 2. The molecule has 3 nitrogen and oxygen atoms in total. The van der Waals surface area contributed by atoms with Gasteiger partial charge in [0.2, 0.25) is 0 Å². The highest BCUT2D eigenvalue weighted by Gasteiger charge is 2.17. The van der Waals surface area contributed by atoms with E-state index in [-0.39, 0.29) is 6.61 Å². The Kier molecular flexibility index (Phi) is 5.45. The molecule has 0 bridgehead atoms. The lowest BCUT2D eigenvalue weighted by atomic mass is 9.98. The van der Waals surface area contributed by atoms with Gasteiger partial charge in [0.1, 0.15) is 0 Å². The van der Waals surface area contributed by atoms with Crippen molar-refractivity contribution in [3.8, 4) is 0 Å². The minimum atomic E-state index is -0.562. The molecule has 2 atom stereocenters. The number of β-amino-alcohol motifs (C(OH)–C–C–N with tert-alkyl or cyclic N) is 1. The molecule has 0 aromatic heterocycles. The third-order valence-corrected chi connectivity index (χ3v) is 3.20. The predicted octanol–water partition coefficient (Wildman–Crippen LogP) is 0.852. The fourth-order valence-electron chi connectivity index (χ4n) is 2.17. The van der Waals surface area contributed by atoms with E-state index in [1.54, 1.807) is 0 Å². The first-order chi connectivity index (χ1) is 6.76. The van der Waals surface area contributed by atoms with E-state index in [1.807, 2.05) is 0 Å². The minimum absolute atomic E-state index is 0.117. The average molecular weight is 201 g/mol. The van der Waals surface area contributed by atoms with Crippen molar-refractivity contribution in [2.45, 2.75) is 38.7 Å².